The predicted octanol–water partition coefficient (Wildman–Crippen LogP) is 20.2. The first-order valence-corrected chi connectivity index (χ1v) is 34.9. The topological polar surface area (TPSA) is 114 Å². The Morgan fingerprint density at radius 3 is 1.19 bits per heavy atom. The molecule has 0 aromatic rings. The molecule has 0 radical (unpaired) electrons. The normalized spacial score (nSPS) is 13.9. The van der Waals surface area contributed by atoms with E-state index in [0.717, 1.165) is 64.2 Å². The lowest BCUT2D eigenvalue weighted by molar-refractivity contribution is -0.870. The molecular formula is C68H129N2O7P. The highest BCUT2D eigenvalue weighted by atomic mass is 31.2. The molecule has 0 aliphatic heterocycles. The van der Waals surface area contributed by atoms with E-state index in [9.17, 15) is 19.0 Å². The second-order valence-corrected chi connectivity index (χ2v) is 25.4. The Kier molecular flexibility index (Phi) is 56.7. The van der Waals surface area contributed by atoms with Crippen LogP contribution in [-0.4, -0.2) is 69.4 Å². The molecule has 0 saturated carbocycles. The van der Waals surface area contributed by atoms with Crippen molar-refractivity contribution >= 4 is 19.7 Å². The summed E-state index contributed by atoms with van der Waals surface area (Å²) in [7, 11) is 1.19. The van der Waals surface area contributed by atoms with Crippen molar-refractivity contribution in [1.82, 2.24) is 5.32 Å². The average Bonchev–Trinajstić information content (AvgIpc) is 3.40. The number of unbranched alkanes of at least 4 members (excludes halogenated alkanes) is 39. The summed E-state index contributed by atoms with van der Waals surface area (Å²) in [5.41, 5.74) is 0. The Morgan fingerprint density at radius 2 is 0.782 bits per heavy atom. The molecule has 0 rings (SSSR count). The van der Waals surface area contributed by atoms with E-state index < -0.39 is 20.0 Å². The number of nitrogens with zero attached hydrogens (tertiary/aromatic N) is 1. The summed E-state index contributed by atoms with van der Waals surface area (Å²) in [6.07, 6.45) is 72.2. The number of hydrogen-bond acceptors (Lipinski definition) is 7. The van der Waals surface area contributed by atoms with E-state index in [0.29, 0.717) is 17.4 Å². The zero-order chi connectivity index (χ0) is 57.2. The maximum Gasteiger partial charge on any atom is 0.306 e. The molecule has 458 valence electrons. The number of phosphoric acid groups is 1. The fourth-order valence-electron chi connectivity index (χ4n) is 9.78. The first kappa shape index (κ1) is 76.0. The Hall–Kier alpha value is -2.03. The zero-order valence-corrected chi connectivity index (χ0v) is 53.3. The van der Waals surface area contributed by atoms with Crippen molar-refractivity contribution in [3.05, 3.63) is 48.6 Å². The highest BCUT2D eigenvalue weighted by molar-refractivity contribution is 7.45. The minimum absolute atomic E-state index is 0.0223. The van der Waals surface area contributed by atoms with E-state index in [1.807, 2.05) is 33.3 Å². The molecule has 0 aliphatic carbocycles. The van der Waals surface area contributed by atoms with E-state index in [1.165, 1.54) is 225 Å². The monoisotopic (exact) mass is 1120 g/mol. The van der Waals surface area contributed by atoms with Crippen molar-refractivity contribution in [2.75, 3.05) is 40.9 Å². The maximum absolute atomic E-state index is 13.6. The summed E-state index contributed by atoms with van der Waals surface area (Å²) in [5.74, 6) is -0.535. The van der Waals surface area contributed by atoms with Gasteiger partial charge in [0.25, 0.3) is 7.82 Å². The fraction of sp³-hybridized carbons (Fsp3) is 0.853. The van der Waals surface area contributed by atoms with Crippen LogP contribution in [0.2, 0.25) is 0 Å². The lowest BCUT2D eigenvalue weighted by atomic mass is 10.0. The molecule has 9 nitrogen and oxygen atoms in total. The van der Waals surface area contributed by atoms with Crippen LogP contribution >= 0.6 is 7.82 Å². The van der Waals surface area contributed by atoms with Gasteiger partial charge in [-0.05, 0) is 89.5 Å². The molecule has 78 heavy (non-hydrogen) atoms. The molecule has 0 aromatic carbocycles. The Labute approximate surface area is 484 Å². The zero-order valence-electron chi connectivity index (χ0n) is 52.4. The number of rotatable bonds is 61. The summed E-state index contributed by atoms with van der Waals surface area (Å²) in [4.78, 5) is 40.1. The van der Waals surface area contributed by atoms with Crippen molar-refractivity contribution < 1.29 is 37.3 Å². The molecule has 1 amide bonds. The van der Waals surface area contributed by atoms with Gasteiger partial charge in [0.15, 0.2) is 0 Å². The minimum Gasteiger partial charge on any atom is -0.756 e. The second kappa shape index (κ2) is 58.2. The van der Waals surface area contributed by atoms with E-state index in [2.05, 4.69) is 62.5 Å². The smallest absolute Gasteiger partial charge is 0.306 e. The van der Waals surface area contributed by atoms with Crippen LogP contribution in [0.4, 0.5) is 0 Å². The van der Waals surface area contributed by atoms with Crippen LogP contribution in [0.15, 0.2) is 48.6 Å². The van der Waals surface area contributed by atoms with Gasteiger partial charge in [-0.15, -0.1) is 0 Å². The van der Waals surface area contributed by atoms with Crippen LogP contribution in [0.5, 0.6) is 0 Å². The fourth-order valence-corrected chi connectivity index (χ4v) is 10.5. The van der Waals surface area contributed by atoms with Gasteiger partial charge in [0, 0.05) is 12.8 Å². The second-order valence-electron chi connectivity index (χ2n) is 24.0. The summed E-state index contributed by atoms with van der Waals surface area (Å²) in [6, 6.07) is -0.890. The van der Waals surface area contributed by atoms with Crippen LogP contribution in [0, 0.1) is 0 Å². The number of allylic oxidation sites excluding steroid dienone is 7. The maximum atomic E-state index is 13.6. The molecule has 0 aliphatic rings. The number of carbonyl (C=O) groups is 2. The molecule has 0 heterocycles. The quantitative estimate of drug-likeness (QED) is 0.0212. The lowest BCUT2D eigenvalue weighted by Gasteiger charge is -2.30. The van der Waals surface area contributed by atoms with Crippen molar-refractivity contribution in [3.63, 3.8) is 0 Å². The molecule has 0 bridgehead atoms. The van der Waals surface area contributed by atoms with Crippen molar-refractivity contribution in [2.24, 2.45) is 0 Å². The summed E-state index contributed by atoms with van der Waals surface area (Å²) >= 11 is 0. The number of quaternary nitrogens is 1. The van der Waals surface area contributed by atoms with Gasteiger partial charge < -0.3 is 28.5 Å². The molecule has 1 N–H and O–H groups in total. The summed E-state index contributed by atoms with van der Waals surface area (Å²) in [6.45, 7) is 6.85. The average molecular weight is 1120 g/mol. The van der Waals surface area contributed by atoms with Crippen molar-refractivity contribution in [3.8, 4) is 0 Å². The standard InChI is InChI=1S/C68H129N2O7P/c1-7-10-13-16-19-22-25-28-30-32-34-35-37-38-40-42-45-48-51-54-57-60-67(71)69-65(64-76-78(73,74)75-63-62-70(4,5)6)66(59-56-53-50-47-44-27-24-21-18-15-12-9-3)77-68(72)61-58-55-52-49-46-43-41-39-36-33-31-29-26-23-20-17-14-11-8-2/h20,23,28-31,56,59,65-66H,7-19,21-22,24-27,32-55,57-58,60-64H2,1-6H3,(H-,69,71,73,74)/b23-20-,30-28+,31-29-,59-56+. The van der Waals surface area contributed by atoms with Gasteiger partial charge in [-0.25, -0.2) is 0 Å². The van der Waals surface area contributed by atoms with Crippen LogP contribution in [-0.2, 0) is 27.9 Å². The highest BCUT2D eigenvalue weighted by Crippen LogP contribution is 2.38. The third-order valence-corrected chi connectivity index (χ3v) is 15.9. The van der Waals surface area contributed by atoms with Gasteiger partial charge in [-0.3, -0.25) is 14.2 Å². The number of likely N-dealkylation sites (N-methyl/N-ethyl adjacent to an activating group) is 1. The Morgan fingerprint density at radius 1 is 0.449 bits per heavy atom. The van der Waals surface area contributed by atoms with Gasteiger partial charge in [-0.2, -0.15) is 0 Å². The van der Waals surface area contributed by atoms with Crippen LogP contribution < -0.4 is 10.2 Å². The van der Waals surface area contributed by atoms with E-state index in [4.69, 9.17) is 13.8 Å². The summed E-state index contributed by atoms with van der Waals surface area (Å²) in [5, 5.41) is 3.04. The number of ether oxygens (including phenoxy) is 1. The van der Waals surface area contributed by atoms with Gasteiger partial charge in [0.2, 0.25) is 5.91 Å². The SMILES string of the molecule is CCCCC/C=C\C/C=C\CCCCCCCCCCCC(=O)OC(/C=C/CCCCCCCCCCCC)C(COP(=O)([O-])OCC[N+](C)(C)C)NC(=O)CCCCCCCCCCCCC/C=C/CCCCCCCC. The minimum atomic E-state index is -4.70. The molecule has 3 atom stereocenters. The third-order valence-electron chi connectivity index (χ3n) is 15.0. The van der Waals surface area contributed by atoms with Crippen molar-refractivity contribution in [1.29, 1.82) is 0 Å². The van der Waals surface area contributed by atoms with Gasteiger partial charge in [0.05, 0.1) is 33.8 Å². The number of carbonyl (C=O) groups excluding carboxylic acids is 2. The van der Waals surface area contributed by atoms with Crippen LogP contribution in [0.3, 0.4) is 0 Å². The van der Waals surface area contributed by atoms with E-state index in [-0.39, 0.29) is 31.5 Å². The van der Waals surface area contributed by atoms with Gasteiger partial charge in [-0.1, -0.05) is 269 Å². The number of phosphoric ester groups is 1. The molecular weight excluding hydrogens is 988 g/mol. The number of amides is 1. The molecule has 10 heteroatoms. The van der Waals surface area contributed by atoms with E-state index >= 15 is 0 Å². The molecule has 3 unspecified atom stereocenters. The number of esters is 1. The first-order valence-electron chi connectivity index (χ1n) is 33.4. The Bertz CT molecular complexity index is 1470. The van der Waals surface area contributed by atoms with E-state index in [1.54, 1.807) is 0 Å². The van der Waals surface area contributed by atoms with Crippen LogP contribution in [0.25, 0.3) is 0 Å². The van der Waals surface area contributed by atoms with Crippen LogP contribution in [0.1, 0.15) is 323 Å². The van der Waals surface area contributed by atoms with Gasteiger partial charge in [0.1, 0.15) is 19.3 Å². The molecule has 0 aromatic heterocycles. The Balaban J connectivity index is 5.15. The lowest BCUT2D eigenvalue weighted by Crippen LogP contribution is -2.47. The largest absolute Gasteiger partial charge is 0.756 e. The predicted molar refractivity (Wildman–Crippen MR) is 335 cm³/mol. The number of hydrogen-bond donors (Lipinski definition) is 1. The highest BCUT2D eigenvalue weighted by Gasteiger charge is 2.27. The molecule has 0 spiro atoms. The van der Waals surface area contributed by atoms with Crippen molar-refractivity contribution in [2.45, 2.75) is 335 Å². The summed E-state index contributed by atoms with van der Waals surface area (Å²) < 4.78 is 30.4. The van der Waals surface area contributed by atoms with Gasteiger partial charge >= 0.3 is 5.97 Å². The first-order chi connectivity index (χ1) is 37.9. The third kappa shape index (κ3) is 58.6. The molecule has 0 saturated heterocycles. The number of nitrogens with one attached hydrogen (secondary N) is 1. The molecule has 0 fully saturated rings.